The van der Waals surface area contributed by atoms with Crippen molar-refractivity contribution in [3.05, 3.63) is 90.6 Å². The lowest BCUT2D eigenvalue weighted by molar-refractivity contribution is -0.122. The highest BCUT2D eigenvalue weighted by Crippen LogP contribution is 2.32. The van der Waals surface area contributed by atoms with E-state index in [2.05, 4.69) is 25.6 Å². The number of thioether (sulfide) groups is 1. The fourth-order valence-electron chi connectivity index (χ4n) is 3.61. The van der Waals surface area contributed by atoms with Gasteiger partial charge < -0.3 is 15.7 Å². The second-order valence-electron chi connectivity index (χ2n) is 8.21. The van der Waals surface area contributed by atoms with Crippen LogP contribution in [-0.4, -0.2) is 37.3 Å². The van der Waals surface area contributed by atoms with Gasteiger partial charge in [0.15, 0.2) is 5.17 Å². The van der Waals surface area contributed by atoms with Crippen LogP contribution < -0.4 is 21.9 Å². The van der Waals surface area contributed by atoms with Gasteiger partial charge in [-0.05, 0) is 54.8 Å². The minimum absolute atomic E-state index is 0.0987. The molecule has 1 fully saturated rings. The maximum absolute atomic E-state index is 12.6. The van der Waals surface area contributed by atoms with Crippen LogP contribution in [0.1, 0.15) is 34.7 Å². The second-order valence-corrected chi connectivity index (χ2v) is 9.83. The predicted octanol–water partition coefficient (Wildman–Crippen LogP) is 2.74. The van der Waals surface area contributed by atoms with Gasteiger partial charge in [0.1, 0.15) is 16.9 Å². The summed E-state index contributed by atoms with van der Waals surface area (Å²) in [6, 6.07) is 10.9. The van der Waals surface area contributed by atoms with Crippen molar-refractivity contribution in [3.63, 3.8) is 0 Å². The number of hydrogen-bond acceptors (Lipinski definition) is 7. The molecule has 1 aliphatic heterocycles. The molecule has 1 aromatic heterocycles. The Bertz CT molecular complexity index is 1480. The summed E-state index contributed by atoms with van der Waals surface area (Å²) in [7, 11) is 0. The molecule has 2 aromatic carbocycles. The summed E-state index contributed by atoms with van der Waals surface area (Å²) in [5.41, 5.74) is 1.32. The number of carbonyl (C=O) groups is 2. The number of halogens is 1. The Kier molecular flexibility index (Phi) is 7.32. The van der Waals surface area contributed by atoms with Crippen molar-refractivity contribution in [2.45, 2.75) is 31.6 Å². The number of aryl methyl sites for hydroxylation is 2. The molecule has 0 saturated carbocycles. The molecule has 0 spiro atoms. The average molecular weight is 528 g/mol. The number of nitrogens with zero attached hydrogens (tertiary/aromatic N) is 1. The molecule has 4 rings (SSSR count). The van der Waals surface area contributed by atoms with Gasteiger partial charge in [-0.3, -0.25) is 24.4 Å². The van der Waals surface area contributed by atoms with Gasteiger partial charge in [-0.25, -0.2) is 9.79 Å². The number of anilines is 1. The molecule has 0 radical (unpaired) electrons. The highest BCUT2D eigenvalue weighted by atomic mass is 35.5. The topological polar surface area (TPSA) is 157 Å². The molecule has 2 amide bonds. The largest absolute Gasteiger partial charge is 0.494 e. The van der Waals surface area contributed by atoms with E-state index in [1.165, 1.54) is 0 Å². The van der Waals surface area contributed by atoms with Gasteiger partial charge in [-0.15, -0.1) is 0 Å². The third-order valence-corrected chi connectivity index (χ3v) is 6.95. The van der Waals surface area contributed by atoms with Crippen LogP contribution in [0.2, 0.25) is 5.02 Å². The lowest BCUT2D eigenvalue weighted by Crippen LogP contribution is -2.29. The van der Waals surface area contributed by atoms with Crippen LogP contribution in [0.3, 0.4) is 0 Å². The van der Waals surface area contributed by atoms with Crippen LogP contribution in [0.5, 0.6) is 5.88 Å². The van der Waals surface area contributed by atoms with Crippen molar-refractivity contribution < 1.29 is 14.7 Å². The van der Waals surface area contributed by atoms with E-state index in [0.717, 1.165) is 22.9 Å². The van der Waals surface area contributed by atoms with Gasteiger partial charge in [0.05, 0.1) is 0 Å². The summed E-state index contributed by atoms with van der Waals surface area (Å²) in [6.45, 7) is 3.91. The normalized spacial score (nSPS) is 17.1. The molecule has 2 atom stereocenters. The van der Waals surface area contributed by atoms with Gasteiger partial charge >= 0.3 is 5.69 Å². The number of rotatable bonds is 6. The van der Waals surface area contributed by atoms with Gasteiger partial charge in [-0.2, -0.15) is 0 Å². The molecule has 2 heterocycles. The molecular weight excluding hydrogens is 506 g/mol. The molecular formula is C24H22ClN5O5S. The summed E-state index contributed by atoms with van der Waals surface area (Å²) < 4.78 is 0. The summed E-state index contributed by atoms with van der Waals surface area (Å²) in [5, 5.41) is 15.6. The third kappa shape index (κ3) is 5.69. The summed E-state index contributed by atoms with van der Waals surface area (Å²) in [6.07, 6.45) is -0.0987. The maximum Gasteiger partial charge on any atom is 0.328 e. The average Bonchev–Trinajstić information content (AvgIpc) is 3.14. The standard InChI is InChI=1S/C24H22ClN5O5S/c1-11-3-8-15(9-12(11)2)26-17(31)10-16-20(32)30-24(36-16)27-19(13-4-6-14(25)7-5-13)18-21(33)28-23(35)29-22(18)34/h3-9,16,19H,10H2,1-2H3,(H,26,31)(H,27,30,32)(H3,28,29,33,34,35)/t16-,19-/m0/s1. The Hall–Kier alpha value is -3.83. The number of carbonyl (C=O) groups excluding carboxylic acids is 2. The lowest BCUT2D eigenvalue weighted by atomic mass is 10.0. The number of hydrogen-bond donors (Lipinski definition) is 5. The molecule has 12 heteroatoms. The Balaban J connectivity index is 1.58. The molecule has 10 nitrogen and oxygen atoms in total. The summed E-state index contributed by atoms with van der Waals surface area (Å²) in [4.78, 5) is 57.9. The Morgan fingerprint density at radius 1 is 1.11 bits per heavy atom. The van der Waals surface area contributed by atoms with E-state index in [1.807, 2.05) is 26.0 Å². The zero-order valence-electron chi connectivity index (χ0n) is 19.2. The molecule has 3 aromatic rings. The molecule has 36 heavy (non-hydrogen) atoms. The van der Waals surface area contributed by atoms with Gasteiger partial charge in [-0.1, -0.05) is 41.6 Å². The minimum Gasteiger partial charge on any atom is -0.494 e. The molecule has 1 saturated heterocycles. The highest BCUT2D eigenvalue weighted by Gasteiger charge is 2.33. The van der Waals surface area contributed by atoms with Crippen molar-refractivity contribution in [1.82, 2.24) is 15.3 Å². The molecule has 1 aliphatic rings. The van der Waals surface area contributed by atoms with Crippen LogP contribution in [-0.2, 0) is 9.59 Å². The highest BCUT2D eigenvalue weighted by molar-refractivity contribution is 8.15. The first-order chi connectivity index (χ1) is 17.1. The fraction of sp³-hybridized carbons (Fsp3) is 0.208. The Morgan fingerprint density at radius 2 is 1.83 bits per heavy atom. The van der Waals surface area contributed by atoms with Crippen LogP contribution >= 0.6 is 23.4 Å². The Labute approximate surface area is 214 Å². The van der Waals surface area contributed by atoms with Gasteiger partial charge in [0, 0.05) is 17.1 Å². The van der Waals surface area contributed by atoms with E-state index in [4.69, 9.17) is 11.6 Å². The van der Waals surface area contributed by atoms with E-state index in [-0.39, 0.29) is 23.1 Å². The van der Waals surface area contributed by atoms with Crippen molar-refractivity contribution in [2.24, 2.45) is 4.99 Å². The first kappa shape index (κ1) is 25.3. The Morgan fingerprint density at radius 3 is 2.50 bits per heavy atom. The number of aromatic amines is 2. The van der Waals surface area contributed by atoms with E-state index in [1.54, 1.807) is 30.3 Å². The number of amidine groups is 1. The summed E-state index contributed by atoms with van der Waals surface area (Å²) in [5.74, 6) is -1.40. The first-order valence-electron chi connectivity index (χ1n) is 10.8. The number of aliphatic imine (C=N–C) groups is 1. The number of aromatic hydroxyl groups is 1. The minimum atomic E-state index is -1.08. The first-order valence-corrected chi connectivity index (χ1v) is 12.1. The van der Waals surface area contributed by atoms with E-state index in [9.17, 15) is 24.3 Å². The predicted molar refractivity (Wildman–Crippen MR) is 139 cm³/mol. The van der Waals surface area contributed by atoms with Crippen molar-refractivity contribution in [3.8, 4) is 5.88 Å². The number of benzene rings is 2. The number of H-pyrrole nitrogens is 2. The van der Waals surface area contributed by atoms with Crippen LogP contribution in [0.4, 0.5) is 5.69 Å². The van der Waals surface area contributed by atoms with Crippen LogP contribution in [0, 0.1) is 13.8 Å². The SMILES string of the molecule is Cc1ccc(NC(=O)C[C@@H]2SC(=N[C@@H](c3ccc(Cl)cc3)c3c(O)[nH]c(=O)[nH]c3=O)NC2=O)cc1C. The fourth-order valence-corrected chi connectivity index (χ4v) is 4.73. The number of nitrogens with one attached hydrogen (secondary N) is 4. The van der Waals surface area contributed by atoms with Crippen molar-refractivity contribution >= 4 is 46.0 Å². The second kappa shape index (κ2) is 10.4. The molecule has 186 valence electrons. The van der Waals surface area contributed by atoms with Crippen LogP contribution in [0.15, 0.2) is 57.0 Å². The van der Waals surface area contributed by atoms with E-state index in [0.29, 0.717) is 16.3 Å². The zero-order chi connectivity index (χ0) is 26.0. The lowest BCUT2D eigenvalue weighted by Gasteiger charge is -2.14. The molecule has 5 N–H and O–H groups in total. The summed E-state index contributed by atoms with van der Waals surface area (Å²) >= 11 is 7.01. The molecule has 0 bridgehead atoms. The number of aromatic nitrogens is 2. The number of amides is 2. The van der Waals surface area contributed by atoms with Gasteiger partial charge in [0.2, 0.25) is 17.7 Å². The maximum atomic E-state index is 12.6. The van der Waals surface area contributed by atoms with Gasteiger partial charge in [0.25, 0.3) is 5.56 Å². The van der Waals surface area contributed by atoms with Crippen molar-refractivity contribution in [1.29, 1.82) is 0 Å². The van der Waals surface area contributed by atoms with Crippen molar-refractivity contribution in [2.75, 3.05) is 5.32 Å². The quantitative estimate of drug-likeness (QED) is 0.332. The zero-order valence-corrected chi connectivity index (χ0v) is 20.8. The monoisotopic (exact) mass is 527 g/mol. The van der Waals surface area contributed by atoms with Crippen LogP contribution in [0.25, 0.3) is 0 Å². The molecule has 0 unspecified atom stereocenters. The van der Waals surface area contributed by atoms with E-state index < -0.39 is 34.3 Å². The van der Waals surface area contributed by atoms with E-state index >= 15 is 0 Å². The molecule has 0 aliphatic carbocycles. The smallest absolute Gasteiger partial charge is 0.328 e. The third-order valence-electron chi connectivity index (χ3n) is 5.60.